The molecule has 6 nitrogen and oxygen atoms in total. The molecule has 0 saturated heterocycles. The van der Waals surface area contributed by atoms with Crippen molar-refractivity contribution in [3.05, 3.63) is 72.8 Å². The topological polar surface area (TPSA) is 95.7 Å². The normalized spacial score (nSPS) is 16.3. The number of aromatic nitrogens is 2. The molecule has 1 unspecified atom stereocenters. The van der Waals surface area contributed by atoms with Crippen molar-refractivity contribution in [3.63, 3.8) is 0 Å². The second-order valence-corrected chi connectivity index (χ2v) is 10.2. The number of rotatable bonds is 5. The monoisotopic (exact) mass is 478 g/mol. The summed E-state index contributed by atoms with van der Waals surface area (Å²) >= 11 is 0. The first-order valence-corrected chi connectivity index (χ1v) is 12.0. The molecule has 0 spiro atoms. The summed E-state index contributed by atoms with van der Waals surface area (Å²) < 4.78 is 6.15. The van der Waals surface area contributed by atoms with Crippen molar-refractivity contribution in [2.75, 3.05) is 6.61 Å². The number of phenols is 3. The molecule has 5 aromatic rings. The van der Waals surface area contributed by atoms with Crippen LogP contribution in [0.1, 0.15) is 20.3 Å². The molecule has 1 aliphatic carbocycles. The molecule has 1 aromatic heterocycles. The van der Waals surface area contributed by atoms with Gasteiger partial charge in [0.05, 0.1) is 12.3 Å². The van der Waals surface area contributed by atoms with Gasteiger partial charge in [0.25, 0.3) is 0 Å². The van der Waals surface area contributed by atoms with Crippen molar-refractivity contribution >= 4 is 21.5 Å². The van der Waals surface area contributed by atoms with Crippen LogP contribution in [-0.2, 0) is 0 Å². The van der Waals surface area contributed by atoms with Crippen molar-refractivity contribution < 1.29 is 20.1 Å². The van der Waals surface area contributed by atoms with E-state index in [1.54, 1.807) is 0 Å². The minimum Gasteiger partial charge on any atom is -0.508 e. The maximum Gasteiger partial charge on any atom is 0.217 e. The van der Waals surface area contributed by atoms with Crippen molar-refractivity contribution in [3.8, 4) is 45.8 Å². The van der Waals surface area contributed by atoms with E-state index in [2.05, 4.69) is 49.2 Å². The van der Waals surface area contributed by atoms with E-state index in [0.29, 0.717) is 24.1 Å². The van der Waals surface area contributed by atoms with Crippen LogP contribution < -0.4 is 4.74 Å². The first kappa shape index (κ1) is 22.2. The summed E-state index contributed by atoms with van der Waals surface area (Å²) in [5.41, 5.74) is 1.82. The predicted octanol–water partition coefficient (Wildman–Crippen LogP) is 6.66. The summed E-state index contributed by atoms with van der Waals surface area (Å²) in [7, 11) is 0. The van der Waals surface area contributed by atoms with Gasteiger partial charge >= 0.3 is 0 Å². The summed E-state index contributed by atoms with van der Waals surface area (Å²) in [4.78, 5) is 9.36. The van der Waals surface area contributed by atoms with Gasteiger partial charge in [-0.1, -0.05) is 62.4 Å². The maximum absolute atomic E-state index is 10.6. The minimum absolute atomic E-state index is 0.0378. The van der Waals surface area contributed by atoms with Crippen molar-refractivity contribution in [1.29, 1.82) is 0 Å². The van der Waals surface area contributed by atoms with E-state index in [-0.39, 0.29) is 34.1 Å². The van der Waals surface area contributed by atoms with Crippen LogP contribution in [0, 0.1) is 11.3 Å². The summed E-state index contributed by atoms with van der Waals surface area (Å²) in [5.74, 6) is 0.0280. The van der Waals surface area contributed by atoms with Gasteiger partial charge in [-0.3, -0.25) is 0 Å². The molecule has 0 amide bonds. The molecule has 3 N–H and O–H groups in total. The van der Waals surface area contributed by atoms with Crippen LogP contribution in [0.25, 0.3) is 44.2 Å². The number of benzene rings is 4. The van der Waals surface area contributed by atoms with E-state index in [9.17, 15) is 15.3 Å². The lowest BCUT2D eigenvalue weighted by atomic mass is 9.94. The average Bonchev–Trinajstić information content (AvgIpc) is 3.46. The first-order chi connectivity index (χ1) is 17.3. The highest BCUT2D eigenvalue weighted by molar-refractivity contribution is 6.12. The van der Waals surface area contributed by atoms with Crippen LogP contribution in [0.4, 0.5) is 0 Å². The molecule has 180 valence electrons. The molecule has 4 aromatic carbocycles. The van der Waals surface area contributed by atoms with Crippen LogP contribution in [0.5, 0.6) is 23.1 Å². The lowest BCUT2D eigenvalue weighted by Crippen LogP contribution is -2.06. The standard InChI is InChI=1S/C30H26N2O4/c1-30(2)15-19(30)16-36-26-14-23(31-29(32-26)28-24(34)12-20(33)13-25(28)35)27-21-9-5-3-7-17(21)11-18-8-4-6-10-22(18)27/h3-14,19,33-35H,15-16H2,1-2H3. The van der Waals surface area contributed by atoms with Crippen LogP contribution in [-0.4, -0.2) is 31.9 Å². The third-order valence-electron chi connectivity index (χ3n) is 7.19. The molecular formula is C30H26N2O4. The van der Waals surface area contributed by atoms with Crippen molar-refractivity contribution in [2.45, 2.75) is 20.3 Å². The molecule has 0 bridgehead atoms. The molecule has 6 rings (SSSR count). The van der Waals surface area contributed by atoms with Gasteiger partial charge in [0.15, 0.2) is 5.82 Å². The highest BCUT2D eigenvalue weighted by Gasteiger charge is 2.46. The van der Waals surface area contributed by atoms with Crippen LogP contribution in [0.2, 0.25) is 0 Å². The Labute approximate surface area is 208 Å². The third-order valence-corrected chi connectivity index (χ3v) is 7.19. The van der Waals surface area contributed by atoms with Crippen LogP contribution in [0.15, 0.2) is 72.8 Å². The molecular weight excluding hydrogens is 452 g/mol. The molecule has 36 heavy (non-hydrogen) atoms. The van der Waals surface area contributed by atoms with Gasteiger partial charge in [0, 0.05) is 23.8 Å². The van der Waals surface area contributed by atoms with E-state index in [0.717, 1.165) is 45.7 Å². The Bertz CT molecular complexity index is 1570. The fraction of sp³-hybridized carbons (Fsp3) is 0.200. The Hall–Kier alpha value is -4.32. The summed E-state index contributed by atoms with van der Waals surface area (Å²) in [6.07, 6.45) is 1.09. The van der Waals surface area contributed by atoms with Gasteiger partial charge in [0.2, 0.25) is 5.88 Å². The highest BCUT2D eigenvalue weighted by atomic mass is 16.5. The summed E-state index contributed by atoms with van der Waals surface area (Å²) in [5, 5.41) is 35.2. The smallest absolute Gasteiger partial charge is 0.217 e. The van der Waals surface area contributed by atoms with Gasteiger partial charge in [0.1, 0.15) is 22.8 Å². The van der Waals surface area contributed by atoms with Gasteiger partial charge < -0.3 is 20.1 Å². The molecule has 0 radical (unpaired) electrons. The van der Waals surface area contributed by atoms with E-state index in [1.165, 1.54) is 0 Å². The Morgan fingerprint density at radius 3 is 1.97 bits per heavy atom. The van der Waals surface area contributed by atoms with Crippen LogP contribution in [0.3, 0.4) is 0 Å². The minimum atomic E-state index is -0.318. The quantitative estimate of drug-likeness (QED) is 0.245. The number of nitrogens with zero attached hydrogens (tertiary/aromatic N) is 2. The number of fused-ring (bicyclic) bond motifs is 2. The molecule has 0 aliphatic heterocycles. The summed E-state index contributed by atoms with van der Waals surface area (Å²) in [6, 6.07) is 22.5. The molecule has 1 saturated carbocycles. The van der Waals surface area contributed by atoms with Crippen molar-refractivity contribution in [1.82, 2.24) is 9.97 Å². The molecule has 1 heterocycles. The van der Waals surface area contributed by atoms with E-state index >= 15 is 0 Å². The van der Waals surface area contributed by atoms with Gasteiger partial charge in [-0.05, 0) is 45.4 Å². The maximum atomic E-state index is 10.6. The SMILES string of the molecule is CC1(C)CC1COc1cc(-c2c3ccccc3cc3ccccc23)nc(-c2c(O)cc(O)cc2O)n1. The van der Waals surface area contributed by atoms with Gasteiger partial charge in [-0.25, -0.2) is 4.98 Å². The zero-order valence-corrected chi connectivity index (χ0v) is 20.1. The average molecular weight is 479 g/mol. The lowest BCUT2D eigenvalue weighted by Gasteiger charge is -2.15. The van der Waals surface area contributed by atoms with E-state index in [4.69, 9.17) is 9.72 Å². The summed E-state index contributed by atoms with van der Waals surface area (Å²) in [6.45, 7) is 4.95. The number of hydrogen-bond acceptors (Lipinski definition) is 6. The fourth-order valence-electron chi connectivity index (χ4n) is 4.90. The van der Waals surface area contributed by atoms with Crippen molar-refractivity contribution in [2.24, 2.45) is 11.3 Å². The zero-order chi connectivity index (χ0) is 25.0. The molecule has 1 fully saturated rings. The highest BCUT2D eigenvalue weighted by Crippen LogP contribution is 2.51. The predicted molar refractivity (Wildman–Crippen MR) is 140 cm³/mol. The van der Waals surface area contributed by atoms with Gasteiger partial charge in [-0.2, -0.15) is 4.98 Å². The van der Waals surface area contributed by atoms with E-state index < -0.39 is 0 Å². The lowest BCUT2D eigenvalue weighted by molar-refractivity contribution is 0.270. The number of hydrogen-bond donors (Lipinski definition) is 3. The largest absolute Gasteiger partial charge is 0.508 e. The Balaban J connectivity index is 1.59. The molecule has 1 atom stereocenters. The zero-order valence-electron chi connectivity index (χ0n) is 20.1. The Kier molecular flexibility index (Phi) is 5.00. The number of ether oxygens (including phenoxy) is 1. The van der Waals surface area contributed by atoms with Gasteiger partial charge in [-0.15, -0.1) is 0 Å². The Morgan fingerprint density at radius 2 is 1.39 bits per heavy atom. The van der Waals surface area contributed by atoms with Crippen LogP contribution >= 0.6 is 0 Å². The third kappa shape index (κ3) is 3.85. The molecule has 1 aliphatic rings. The first-order valence-electron chi connectivity index (χ1n) is 12.0. The number of aromatic hydroxyl groups is 3. The second-order valence-electron chi connectivity index (χ2n) is 10.2. The number of phenolic OH excluding ortho intramolecular Hbond substituents is 3. The second kappa shape index (κ2) is 8.12. The van der Waals surface area contributed by atoms with E-state index in [1.807, 2.05) is 30.3 Å². The fourth-order valence-corrected chi connectivity index (χ4v) is 4.90. The molecule has 6 heteroatoms. The Morgan fingerprint density at radius 1 is 0.806 bits per heavy atom.